The highest BCUT2D eigenvalue weighted by molar-refractivity contribution is 5.89. The van der Waals surface area contributed by atoms with E-state index in [9.17, 15) is 76.7 Å². The van der Waals surface area contributed by atoms with Crippen molar-refractivity contribution in [1.29, 1.82) is 0 Å². The number of aromatic nitrogens is 24. The highest BCUT2D eigenvalue weighted by atomic mass is 16.5. The van der Waals surface area contributed by atoms with Crippen molar-refractivity contribution >= 4 is 44.1 Å². The predicted octanol–water partition coefficient (Wildman–Crippen LogP) is -9.25. The third-order valence-corrected chi connectivity index (χ3v) is 18.5. The fraction of sp³-hybridized carbons (Fsp3) is 0.333. The first-order chi connectivity index (χ1) is 53.2. The van der Waals surface area contributed by atoms with E-state index < -0.39 is 158 Å². The number of ether oxygens (including phenoxy) is 12. The van der Waals surface area contributed by atoms with Crippen molar-refractivity contribution in [2.75, 3.05) is 85.3 Å². The molecule has 0 atom stereocenters. The molecule has 112 heavy (non-hydrogen) atoms. The number of fused-ring (bicyclic) bond motifs is 28. The first-order valence-corrected chi connectivity index (χ1v) is 31.8. The van der Waals surface area contributed by atoms with E-state index in [2.05, 4.69) is 0 Å². The third-order valence-electron chi connectivity index (χ3n) is 18.5. The average Bonchev–Trinajstić information content (AvgIpc) is 1.53. The predicted molar refractivity (Wildman–Crippen MR) is 382 cm³/mol. The van der Waals surface area contributed by atoms with Crippen LogP contribution in [0.4, 0.5) is 0 Å². The second-order valence-corrected chi connectivity index (χ2v) is 23.8. The Bertz CT molecular complexity index is 6580. The van der Waals surface area contributed by atoms with E-state index in [0.717, 1.165) is 109 Å². The Kier molecular flexibility index (Phi) is 17.4. The second kappa shape index (κ2) is 26.1. The molecule has 0 aliphatic carbocycles. The number of benzene rings is 4. The maximum Gasteiger partial charge on any atom is 0.368 e. The van der Waals surface area contributed by atoms with Crippen molar-refractivity contribution in [3.63, 3.8) is 0 Å². The largest absolute Gasteiger partial charge is 0.494 e. The van der Waals surface area contributed by atoms with E-state index in [1.54, 1.807) is 0 Å². The van der Waals surface area contributed by atoms with Gasteiger partial charge in [-0.1, -0.05) is 0 Å². The summed E-state index contributed by atoms with van der Waals surface area (Å²) in [4.78, 5) is 228. The van der Waals surface area contributed by atoms with Gasteiger partial charge in [-0.15, -0.1) is 37.0 Å². The zero-order chi connectivity index (χ0) is 82.0. The van der Waals surface area contributed by atoms with E-state index >= 15 is 0 Å². The molecule has 52 heteroatoms. The van der Waals surface area contributed by atoms with Crippen molar-refractivity contribution in [2.24, 2.45) is 56.4 Å². The lowest BCUT2D eigenvalue weighted by Crippen LogP contribution is -2.32. The van der Waals surface area contributed by atoms with Crippen molar-refractivity contribution in [2.45, 2.75) is 0 Å². The maximum absolute atomic E-state index is 14.3. The van der Waals surface area contributed by atoms with Crippen molar-refractivity contribution in [1.82, 2.24) is 110 Å². The highest BCUT2D eigenvalue weighted by Gasteiger charge is 2.33. The van der Waals surface area contributed by atoms with Crippen LogP contribution in [0.5, 0.6) is 69.0 Å². The Labute approximate surface area is 611 Å². The molecule has 10 aromatic heterocycles. The molecule has 0 radical (unpaired) electrons. The van der Waals surface area contributed by atoms with Crippen LogP contribution in [0.15, 0.2) is 101 Å². The molecule has 10 heterocycles. The molecule has 592 valence electrons. The van der Waals surface area contributed by atoms with Gasteiger partial charge in [0.05, 0.1) is 85.3 Å². The SMILES string of the molecule is COc1cc(OC)c2c(OC)c1n1c(=O)n(C)c(=O)n1n1c(=O)n(C)c(=O)n1c1c(OC)cc(OC)c(c1OC)n1c(=O)n(C)c(=O)n1n1c(=O)n(C)c(=O)n21.COc1cc(OC)c2c(OC)c1n1c(=O)n(C)c(=O)n1n1c(=O)n(C)c(=O)n1c1c(OC)cc(OC)c(c1OC)n1c(=O)n(C)c(=O)n1n1c(=O)n(C)c(=O)n21. The summed E-state index contributed by atoms with van der Waals surface area (Å²) in [5, 5.41) is 0. The van der Waals surface area contributed by atoms with Gasteiger partial charge in [0.1, 0.15) is 0 Å². The summed E-state index contributed by atoms with van der Waals surface area (Å²) < 4.78 is 81.7. The van der Waals surface area contributed by atoms with Gasteiger partial charge < -0.3 is 56.8 Å². The van der Waals surface area contributed by atoms with Crippen LogP contribution >= 0.6 is 0 Å². The summed E-state index contributed by atoms with van der Waals surface area (Å²) in [5.74, 6) is -4.30. The number of rotatable bonds is 12. The van der Waals surface area contributed by atoms with Crippen molar-refractivity contribution in [3.8, 4) is 69.0 Å². The third kappa shape index (κ3) is 9.37. The molecule has 8 bridgehead atoms. The Morgan fingerprint density at radius 2 is 0.259 bits per heavy atom. The lowest BCUT2D eigenvalue weighted by Gasteiger charge is -2.16. The minimum absolute atomic E-state index is 0.276. The Morgan fingerprint density at radius 1 is 0.161 bits per heavy atom. The molecule has 0 spiro atoms. The molecule has 0 saturated heterocycles. The fourth-order valence-corrected chi connectivity index (χ4v) is 13.0. The molecule has 0 fully saturated rings. The van der Waals surface area contributed by atoms with E-state index in [1.807, 2.05) is 0 Å². The smallest absolute Gasteiger partial charge is 0.368 e. The summed E-state index contributed by atoms with van der Waals surface area (Å²) in [6.07, 6.45) is 0. The fourth-order valence-electron chi connectivity index (χ4n) is 13.0. The van der Waals surface area contributed by atoms with Gasteiger partial charge in [-0.05, 0) is 0 Å². The highest BCUT2D eigenvalue weighted by Crippen LogP contribution is 2.43. The van der Waals surface area contributed by atoms with E-state index in [4.69, 9.17) is 56.8 Å². The summed E-state index contributed by atoms with van der Waals surface area (Å²) >= 11 is 0. The molecule has 0 amide bonds. The molecular formula is C60H64N24O28. The monoisotopic (exact) mass is 1570 g/mol. The zero-order valence-corrected chi connectivity index (χ0v) is 62.5. The topological polar surface area (TPSA) is 494 Å². The molecule has 14 aromatic rings. The van der Waals surface area contributed by atoms with Gasteiger partial charge in [-0.2, -0.15) is 36.1 Å². The summed E-state index contributed by atoms with van der Waals surface area (Å²) in [6.45, 7) is 0. The van der Waals surface area contributed by atoms with Gasteiger partial charge in [0.15, 0.2) is 113 Å². The number of methoxy groups -OCH3 is 12. The maximum atomic E-state index is 14.3. The van der Waals surface area contributed by atoms with Crippen LogP contribution in [0.2, 0.25) is 0 Å². The van der Waals surface area contributed by atoms with Crippen molar-refractivity contribution in [3.05, 3.63) is 192 Å². The quantitative estimate of drug-likeness (QED) is 0.110. The van der Waals surface area contributed by atoms with Crippen LogP contribution in [0, 0.1) is 0 Å². The van der Waals surface area contributed by atoms with Gasteiger partial charge in [-0.25, -0.2) is 113 Å². The summed E-state index contributed by atoms with van der Waals surface area (Å²) in [6, 6.07) is 4.61. The number of hydrogen-bond donors (Lipinski definition) is 0. The zero-order valence-electron chi connectivity index (χ0n) is 62.5. The van der Waals surface area contributed by atoms with E-state index in [1.165, 1.54) is 56.9 Å². The standard InChI is InChI=1S/2C30H32N12O14/c2*1-31-23(43)35-17-13(51-5)11-14(52-6)18(21(17)55-9)37-25(45)33(3)29(49)41(37)42-30(50)34(4)26(46)38(42)20-16(54-8)12-15(53-7)19(22(20)56-10)36-24(44)32(2)28(48)40(36)39(35)27(31)47/h2*11-12H,1-10H3. The molecule has 0 aliphatic heterocycles. The molecule has 0 aliphatic rings. The van der Waals surface area contributed by atoms with Crippen LogP contribution in [0.1, 0.15) is 0 Å². The van der Waals surface area contributed by atoms with Gasteiger partial charge in [-0.3, -0.25) is 0 Å². The molecule has 0 saturated carbocycles. The molecule has 52 nitrogen and oxygen atoms in total. The minimum atomic E-state index is -1.21. The summed E-state index contributed by atoms with van der Waals surface area (Å²) in [7, 11) is 22.4. The molecule has 14 rings (SSSR count). The van der Waals surface area contributed by atoms with Crippen LogP contribution in [0.3, 0.4) is 0 Å². The molecule has 0 unspecified atom stereocenters. The second-order valence-electron chi connectivity index (χ2n) is 23.8. The lowest BCUT2D eigenvalue weighted by molar-refractivity contribution is 0.375. The molecule has 4 aromatic carbocycles. The Balaban J connectivity index is 0.000000196. The Morgan fingerprint density at radius 3 is 0.339 bits per heavy atom. The van der Waals surface area contributed by atoms with Gasteiger partial charge in [0.25, 0.3) is 0 Å². The molecule has 0 N–H and O–H groups in total. The van der Waals surface area contributed by atoms with Crippen LogP contribution in [-0.4, -0.2) is 195 Å². The molecular weight excluding hydrogens is 1500 g/mol. The van der Waals surface area contributed by atoms with Gasteiger partial charge in [0.2, 0.25) is 0 Å². The van der Waals surface area contributed by atoms with Crippen LogP contribution in [-0.2, 0) is 56.4 Å². The first kappa shape index (κ1) is 74.7. The van der Waals surface area contributed by atoms with Crippen LogP contribution in [0.25, 0.3) is 44.1 Å². The van der Waals surface area contributed by atoms with E-state index in [0.29, 0.717) is 110 Å². The number of nitrogens with zero attached hydrogens (tertiary/aromatic N) is 24. The van der Waals surface area contributed by atoms with Crippen LogP contribution < -0.4 is 148 Å². The van der Waals surface area contributed by atoms with Gasteiger partial charge >= 0.3 is 91.0 Å². The number of hydrogen-bond acceptors (Lipinski definition) is 28. The van der Waals surface area contributed by atoms with E-state index in [-0.39, 0.29) is 46.0 Å². The van der Waals surface area contributed by atoms with Crippen molar-refractivity contribution < 1.29 is 56.8 Å². The summed E-state index contributed by atoms with van der Waals surface area (Å²) in [5.41, 5.74) is -22.7. The minimum Gasteiger partial charge on any atom is -0.494 e. The normalized spacial score (nSPS) is 11.6. The van der Waals surface area contributed by atoms with Gasteiger partial charge in [0, 0.05) is 80.6 Å². The first-order valence-electron chi connectivity index (χ1n) is 31.8. The lowest BCUT2D eigenvalue weighted by atomic mass is 10.2. The Hall–Kier alpha value is -15.6. The average molecular weight is 1570 g/mol.